The summed E-state index contributed by atoms with van der Waals surface area (Å²) < 4.78 is 2.60. The fraction of sp³-hybridized carbons (Fsp3) is 0. The van der Waals surface area contributed by atoms with Crippen LogP contribution in [0.3, 0.4) is 0 Å². The number of hydrogen-bond acceptors (Lipinski definition) is 4. The second-order valence-corrected chi connectivity index (χ2v) is 6.55. The zero-order valence-electron chi connectivity index (χ0n) is 13.4. The molecule has 0 unspecified atom stereocenters. The molecular formula is C19H13BrN4O2. The number of benzene rings is 2. The van der Waals surface area contributed by atoms with Gasteiger partial charge in [0.2, 0.25) is 0 Å². The predicted octanol–water partition coefficient (Wildman–Crippen LogP) is 4.60. The van der Waals surface area contributed by atoms with Crippen molar-refractivity contribution in [2.75, 3.05) is 5.32 Å². The van der Waals surface area contributed by atoms with E-state index in [9.17, 15) is 4.79 Å². The van der Waals surface area contributed by atoms with Crippen LogP contribution in [0.4, 0.5) is 11.4 Å². The van der Waals surface area contributed by atoms with Crippen molar-refractivity contribution >= 4 is 38.9 Å². The average Bonchev–Trinajstić information content (AvgIpc) is 3.12. The number of halogens is 1. The summed E-state index contributed by atoms with van der Waals surface area (Å²) in [6.07, 6.45) is 3.44. The minimum Gasteiger partial charge on any atom is -0.478 e. The maximum absolute atomic E-state index is 10.9. The number of aromatic nitrogens is 3. The largest absolute Gasteiger partial charge is 0.478 e. The van der Waals surface area contributed by atoms with Gasteiger partial charge in [0.15, 0.2) is 5.65 Å². The van der Waals surface area contributed by atoms with Gasteiger partial charge in [-0.1, -0.05) is 12.1 Å². The van der Waals surface area contributed by atoms with Gasteiger partial charge in [-0.05, 0) is 64.0 Å². The van der Waals surface area contributed by atoms with E-state index in [2.05, 4.69) is 31.3 Å². The highest BCUT2D eigenvalue weighted by molar-refractivity contribution is 9.10. The lowest BCUT2D eigenvalue weighted by Gasteiger charge is -2.10. The number of carboxylic acid groups (broad SMARTS) is 1. The van der Waals surface area contributed by atoms with Crippen LogP contribution in [0.5, 0.6) is 0 Å². The summed E-state index contributed by atoms with van der Waals surface area (Å²) in [5.74, 6) is -0.937. The van der Waals surface area contributed by atoms with E-state index in [-0.39, 0.29) is 5.56 Å². The van der Waals surface area contributed by atoms with Crippen molar-refractivity contribution < 1.29 is 9.90 Å². The van der Waals surface area contributed by atoms with Crippen molar-refractivity contribution in [3.8, 4) is 11.1 Å². The number of hydrogen-bond donors (Lipinski definition) is 2. The van der Waals surface area contributed by atoms with Crippen molar-refractivity contribution in [3.63, 3.8) is 0 Å². The van der Waals surface area contributed by atoms with Crippen LogP contribution in [0.2, 0.25) is 0 Å². The fourth-order valence-electron chi connectivity index (χ4n) is 2.68. The first-order valence-corrected chi connectivity index (χ1v) is 8.59. The van der Waals surface area contributed by atoms with E-state index in [1.807, 2.05) is 36.5 Å². The molecule has 0 saturated heterocycles. The minimum absolute atomic E-state index is 0.260. The van der Waals surface area contributed by atoms with Crippen LogP contribution in [0, 0.1) is 0 Å². The Balaban J connectivity index is 1.64. The molecule has 0 aliphatic heterocycles. The zero-order valence-corrected chi connectivity index (χ0v) is 15.0. The summed E-state index contributed by atoms with van der Waals surface area (Å²) in [4.78, 5) is 15.1. The van der Waals surface area contributed by atoms with Crippen LogP contribution in [0.25, 0.3) is 16.8 Å². The maximum Gasteiger partial charge on any atom is 0.335 e. The second kappa shape index (κ2) is 6.61. The molecule has 2 aromatic heterocycles. The Kier molecular flexibility index (Phi) is 4.14. The van der Waals surface area contributed by atoms with E-state index in [4.69, 9.17) is 5.11 Å². The highest BCUT2D eigenvalue weighted by Gasteiger charge is 2.07. The molecule has 26 heavy (non-hydrogen) atoms. The van der Waals surface area contributed by atoms with Gasteiger partial charge >= 0.3 is 5.97 Å². The molecule has 0 radical (unpaired) electrons. The normalized spacial score (nSPS) is 10.8. The maximum atomic E-state index is 10.9. The van der Waals surface area contributed by atoms with E-state index in [0.29, 0.717) is 0 Å². The first kappa shape index (κ1) is 16.3. The van der Waals surface area contributed by atoms with E-state index >= 15 is 0 Å². The van der Waals surface area contributed by atoms with Crippen LogP contribution >= 0.6 is 15.9 Å². The molecule has 7 heteroatoms. The molecule has 0 amide bonds. The van der Waals surface area contributed by atoms with Crippen LogP contribution < -0.4 is 5.32 Å². The number of carbonyl (C=O) groups is 1. The molecule has 0 aliphatic carbocycles. The topological polar surface area (TPSA) is 79.5 Å². The number of pyridine rings is 1. The summed E-state index contributed by atoms with van der Waals surface area (Å²) >= 11 is 3.53. The Morgan fingerprint density at radius 1 is 1.04 bits per heavy atom. The molecule has 0 fully saturated rings. The molecule has 2 aromatic carbocycles. The Bertz CT molecular complexity index is 1110. The van der Waals surface area contributed by atoms with Crippen LogP contribution in [-0.4, -0.2) is 25.7 Å². The van der Waals surface area contributed by atoms with Gasteiger partial charge < -0.3 is 10.4 Å². The molecule has 0 aliphatic rings. The Morgan fingerprint density at radius 2 is 1.85 bits per heavy atom. The van der Waals surface area contributed by atoms with Crippen LogP contribution in [0.1, 0.15) is 10.4 Å². The van der Waals surface area contributed by atoms with E-state index in [0.717, 1.165) is 32.6 Å². The Hall–Kier alpha value is -3.19. The van der Waals surface area contributed by atoms with Crippen molar-refractivity contribution in [1.29, 1.82) is 0 Å². The smallest absolute Gasteiger partial charge is 0.335 e. The summed E-state index contributed by atoms with van der Waals surface area (Å²) in [6.45, 7) is 0. The summed E-state index contributed by atoms with van der Waals surface area (Å²) in [5.41, 5.74) is 4.77. The number of carboxylic acids is 1. The lowest BCUT2D eigenvalue weighted by Crippen LogP contribution is -1.96. The third-order valence-corrected chi connectivity index (χ3v) is 4.53. The van der Waals surface area contributed by atoms with Gasteiger partial charge in [-0.3, -0.25) is 0 Å². The van der Waals surface area contributed by atoms with Crippen molar-refractivity contribution in [2.24, 2.45) is 0 Å². The molecule has 2 N–H and O–H groups in total. The molecule has 0 spiro atoms. The monoisotopic (exact) mass is 408 g/mol. The number of rotatable bonds is 4. The fourth-order valence-corrected chi connectivity index (χ4v) is 3.21. The molecule has 0 bridgehead atoms. The van der Waals surface area contributed by atoms with Gasteiger partial charge in [0.05, 0.1) is 10.0 Å². The van der Waals surface area contributed by atoms with Gasteiger partial charge in [-0.15, -0.1) is 0 Å². The Morgan fingerprint density at radius 3 is 2.62 bits per heavy atom. The van der Waals surface area contributed by atoms with E-state index in [1.54, 1.807) is 28.8 Å². The van der Waals surface area contributed by atoms with Gasteiger partial charge in [0, 0.05) is 23.1 Å². The first-order valence-electron chi connectivity index (χ1n) is 7.80. The highest BCUT2D eigenvalue weighted by Crippen LogP contribution is 2.28. The molecule has 4 rings (SSSR count). The third-order valence-electron chi connectivity index (χ3n) is 3.95. The van der Waals surface area contributed by atoms with Gasteiger partial charge in [0.1, 0.15) is 6.33 Å². The number of nitrogens with zero attached hydrogens (tertiary/aromatic N) is 3. The summed E-state index contributed by atoms with van der Waals surface area (Å²) in [6, 6.07) is 16.6. The van der Waals surface area contributed by atoms with E-state index in [1.165, 1.54) is 6.33 Å². The summed E-state index contributed by atoms with van der Waals surface area (Å²) in [5, 5.41) is 16.5. The van der Waals surface area contributed by atoms with Crippen molar-refractivity contribution in [2.45, 2.75) is 0 Å². The lowest BCUT2D eigenvalue weighted by atomic mass is 10.1. The zero-order chi connectivity index (χ0) is 18.1. The van der Waals surface area contributed by atoms with E-state index < -0.39 is 5.97 Å². The Labute approximate surface area is 157 Å². The van der Waals surface area contributed by atoms with Crippen LogP contribution in [-0.2, 0) is 0 Å². The molecule has 2 heterocycles. The average molecular weight is 409 g/mol. The van der Waals surface area contributed by atoms with Crippen molar-refractivity contribution in [1.82, 2.24) is 14.6 Å². The quantitative estimate of drug-likeness (QED) is 0.515. The predicted molar refractivity (Wildman–Crippen MR) is 103 cm³/mol. The summed E-state index contributed by atoms with van der Waals surface area (Å²) in [7, 11) is 0. The van der Waals surface area contributed by atoms with Gasteiger partial charge in [-0.2, -0.15) is 5.10 Å². The molecule has 4 aromatic rings. The molecular weight excluding hydrogens is 396 g/mol. The molecule has 0 saturated carbocycles. The number of nitrogens with one attached hydrogen (secondary N) is 1. The third kappa shape index (κ3) is 3.16. The van der Waals surface area contributed by atoms with Gasteiger partial charge in [-0.25, -0.2) is 14.3 Å². The van der Waals surface area contributed by atoms with Crippen molar-refractivity contribution in [3.05, 3.63) is 77.2 Å². The van der Waals surface area contributed by atoms with Gasteiger partial charge in [0.25, 0.3) is 0 Å². The first-order chi connectivity index (χ1) is 12.6. The number of fused-ring (bicyclic) bond motifs is 1. The minimum atomic E-state index is -0.937. The lowest BCUT2D eigenvalue weighted by molar-refractivity contribution is 0.0697. The highest BCUT2D eigenvalue weighted by atomic mass is 79.9. The number of aromatic carboxylic acids is 1. The standard InChI is InChI=1S/C19H13BrN4O2/c20-17-9-14(10-24-18(17)21-11-22-24)13-2-1-3-16(8-13)23-15-6-4-12(5-7-15)19(25)26/h1-11,23H,(H,25,26). The van der Waals surface area contributed by atoms with Crippen LogP contribution in [0.15, 0.2) is 71.6 Å². The number of anilines is 2. The SMILES string of the molecule is O=C(O)c1ccc(Nc2cccc(-c3cc(Br)c4ncnn4c3)c2)cc1. The molecule has 128 valence electrons. The molecule has 0 atom stereocenters. The molecule has 6 nitrogen and oxygen atoms in total. The second-order valence-electron chi connectivity index (χ2n) is 5.69.